The number of nitrogens with zero attached hydrogens (tertiary/aromatic N) is 8. The second-order valence-electron chi connectivity index (χ2n) is 17.2. The third-order valence-electron chi connectivity index (χ3n) is 12.3. The molecule has 0 aliphatic rings. The summed E-state index contributed by atoms with van der Waals surface area (Å²) in [4.78, 5) is -2.63. The summed E-state index contributed by atoms with van der Waals surface area (Å²) < 4.78 is 171. The van der Waals surface area contributed by atoms with Gasteiger partial charge < -0.3 is 10.2 Å². The van der Waals surface area contributed by atoms with Crippen molar-refractivity contribution in [2.45, 2.75) is 24.5 Å². The number of azo groups is 4. The van der Waals surface area contributed by atoms with Gasteiger partial charge in [-0.2, -0.15) is 42.1 Å². The van der Waals surface area contributed by atoms with Crippen LogP contribution in [0.25, 0.3) is 53.9 Å². The van der Waals surface area contributed by atoms with Gasteiger partial charge in [-0.25, -0.2) is 0 Å². The van der Waals surface area contributed by atoms with Crippen molar-refractivity contribution in [1.82, 2.24) is 0 Å². The van der Waals surface area contributed by atoms with Gasteiger partial charge in [0.05, 0.1) is 70.5 Å². The molecule has 0 amide bonds. The second-order valence-corrected chi connectivity index (χ2v) is 24.3. The summed E-state index contributed by atoms with van der Waals surface area (Å²) in [6.45, 7) is 0. The molecule has 0 bridgehead atoms. The van der Waals surface area contributed by atoms with Gasteiger partial charge in [-0.05, 0) is 115 Å². The molecular formula is C50H32N8O17S5. The minimum Gasteiger partial charge on any atom is -0.507 e. The smallest absolute Gasteiger partial charge is 0.295 e. The lowest BCUT2D eigenvalue weighted by molar-refractivity contribution is 0.479. The Balaban J connectivity index is 1.04. The largest absolute Gasteiger partial charge is 0.507 e. The zero-order valence-corrected chi connectivity index (χ0v) is 43.8. The Bertz CT molecular complexity index is 5080. The van der Waals surface area contributed by atoms with Crippen LogP contribution in [0.2, 0.25) is 0 Å². The summed E-state index contributed by atoms with van der Waals surface area (Å²) in [5.74, 6) is -0.722. The first-order valence-electron chi connectivity index (χ1n) is 22.4. The molecule has 10 rings (SSSR count). The van der Waals surface area contributed by atoms with Gasteiger partial charge in [-0.15, -0.1) is 40.9 Å². The van der Waals surface area contributed by atoms with E-state index in [0.29, 0.717) is 0 Å². The number of rotatable bonds is 13. The molecule has 30 heteroatoms. The predicted molar refractivity (Wildman–Crippen MR) is 289 cm³/mol. The van der Waals surface area contributed by atoms with Gasteiger partial charge in [0.1, 0.15) is 16.4 Å². The van der Waals surface area contributed by atoms with Crippen LogP contribution in [0.1, 0.15) is 0 Å². The van der Waals surface area contributed by atoms with Gasteiger partial charge in [0, 0.05) is 48.5 Å². The maximum absolute atomic E-state index is 12.4. The van der Waals surface area contributed by atoms with Crippen molar-refractivity contribution >= 4 is 150 Å². The van der Waals surface area contributed by atoms with Crippen molar-refractivity contribution in [2.24, 2.45) is 40.9 Å². The van der Waals surface area contributed by atoms with Crippen molar-refractivity contribution in [3.05, 3.63) is 152 Å². The molecule has 10 aromatic carbocycles. The molecule has 25 nitrogen and oxygen atoms in total. The lowest BCUT2D eigenvalue weighted by Gasteiger charge is -2.09. The summed E-state index contributed by atoms with van der Waals surface area (Å²) in [6, 6.07) is 31.0. The minimum absolute atomic E-state index is 0.000958. The summed E-state index contributed by atoms with van der Waals surface area (Å²) in [5.41, 5.74) is 0.376. The zero-order chi connectivity index (χ0) is 57.3. The summed E-state index contributed by atoms with van der Waals surface area (Å²) in [5, 5.41) is 56.6. The van der Waals surface area contributed by atoms with E-state index in [1.807, 2.05) is 0 Å². The molecular weight excluding hydrogens is 1140 g/mol. The number of benzene rings is 10. The van der Waals surface area contributed by atoms with Crippen LogP contribution in [0, 0.1) is 0 Å². The molecule has 404 valence electrons. The van der Waals surface area contributed by atoms with Crippen LogP contribution in [-0.4, -0.2) is 75.1 Å². The summed E-state index contributed by atoms with van der Waals surface area (Å²) in [6.07, 6.45) is 0. The molecule has 0 spiro atoms. The van der Waals surface area contributed by atoms with Crippen LogP contribution in [0.15, 0.2) is 217 Å². The van der Waals surface area contributed by atoms with Crippen molar-refractivity contribution in [3.63, 3.8) is 0 Å². The molecule has 0 saturated heterocycles. The Kier molecular flexibility index (Phi) is 13.6. The van der Waals surface area contributed by atoms with Crippen LogP contribution in [0.4, 0.5) is 45.5 Å². The average molecular weight is 1180 g/mol. The lowest BCUT2D eigenvalue weighted by Crippen LogP contribution is -1.98. The van der Waals surface area contributed by atoms with Gasteiger partial charge in [-0.1, -0.05) is 36.4 Å². The van der Waals surface area contributed by atoms with Gasteiger partial charge in [0.25, 0.3) is 50.6 Å². The van der Waals surface area contributed by atoms with E-state index in [4.69, 9.17) is 0 Å². The highest BCUT2D eigenvalue weighted by atomic mass is 32.2. The first-order valence-corrected chi connectivity index (χ1v) is 29.6. The summed E-state index contributed by atoms with van der Waals surface area (Å²) in [7, 11) is -23.8. The molecule has 0 aliphatic carbocycles. The molecule has 0 atom stereocenters. The highest BCUT2D eigenvalue weighted by molar-refractivity contribution is 7.87. The van der Waals surface area contributed by atoms with E-state index in [1.54, 1.807) is 0 Å². The Morgan fingerprint density at radius 2 is 0.537 bits per heavy atom. The monoisotopic (exact) mass is 1180 g/mol. The number of hydrogen-bond donors (Lipinski definition) is 7. The summed E-state index contributed by atoms with van der Waals surface area (Å²) >= 11 is 0. The molecule has 80 heavy (non-hydrogen) atoms. The van der Waals surface area contributed by atoms with E-state index in [-0.39, 0.29) is 111 Å². The van der Waals surface area contributed by atoms with Crippen molar-refractivity contribution in [2.75, 3.05) is 0 Å². The molecule has 10 aromatic rings. The molecule has 0 unspecified atom stereocenters. The maximum Gasteiger partial charge on any atom is 0.295 e. The standard InChI is InChI=1S/C50H32N8O17S5/c59-47-20-18-42(33-11-7-29(25-38(33)47)79(70,71)72)53-57-45-16-13-40(31-9-5-27(23-36(31)45)77(64,65)66)51-55-43-15-12-39(30-8-4-26(22-35(30)43)76(61,62)63)52-56-44-17-14-41(32-10-6-28(24-37(32)44)78(67,68)69)54-58-46-19-21-49(80(73,74)75)34-2-1-3-48(60)50(34)46/h1-25,59-60H,(H,61,62,63)(H,64,65,66)(H,67,68,69)(H,70,71,72)(H,73,74,75). The SMILES string of the molecule is O=S(=O)(O)c1ccc2c(N=Nc3ccc(N=Nc4ccc(N=Nc5ccc(N=Nc6ccc(S(=O)(=O)O)c7cccc(O)c67)c6ccc(S(=O)(=O)O)cc56)c5ccc(S(=O)(=O)O)cc45)c4ccc(S(=O)(=O)O)cc34)ccc(O)c2c1. The number of hydrogen-bond acceptors (Lipinski definition) is 20. The minimum atomic E-state index is -4.83. The van der Waals surface area contributed by atoms with Gasteiger partial charge in [-0.3, -0.25) is 22.8 Å². The van der Waals surface area contributed by atoms with E-state index in [1.165, 1.54) is 97.1 Å². The van der Waals surface area contributed by atoms with Gasteiger partial charge in [0.2, 0.25) is 0 Å². The van der Waals surface area contributed by atoms with Crippen LogP contribution < -0.4 is 0 Å². The quantitative estimate of drug-likeness (QED) is 0.0416. The highest BCUT2D eigenvalue weighted by Crippen LogP contribution is 2.44. The van der Waals surface area contributed by atoms with E-state index >= 15 is 0 Å². The van der Waals surface area contributed by atoms with Gasteiger partial charge in [0.15, 0.2) is 0 Å². The predicted octanol–water partition coefficient (Wildman–Crippen LogP) is 12.8. The maximum atomic E-state index is 12.4. The zero-order valence-electron chi connectivity index (χ0n) is 39.8. The first-order chi connectivity index (χ1) is 37.6. The third kappa shape index (κ3) is 10.8. The normalized spacial score (nSPS) is 13.2. The van der Waals surface area contributed by atoms with Crippen LogP contribution >= 0.6 is 0 Å². The van der Waals surface area contributed by atoms with Gasteiger partial charge >= 0.3 is 0 Å². The molecule has 0 saturated carbocycles. The van der Waals surface area contributed by atoms with Crippen molar-refractivity contribution in [1.29, 1.82) is 0 Å². The Morgan fingerprint density at radius 1 is 0.250 bits per heavy atom. The van der Waals surface area contributed by atoms with E-state index < -0.39 is 75.1 Å². The fourth-order valence-corrected chi connectivity index (χ4v) is 11.2. The molecule has 7 N–H and O–H groups in total. The van der Waals surface area contributed by atoms with Crippen molar-refractivity contribution in [3.8, 4) is 11.5 Å². The number of fused-ring (bicyclic) bond motifs is 5. The molecule has 0 radical (unpaired) electrons. The average Bonchev–Trinajstić information content (AvgIpc) is 3.42. The number of aromatic hydroxyl groups is 2. The lowest BCUT2D eigenvalue weighted by atomic mass is 10.1. The van der Waals surface area contributed by atoms with Crippen LogP contribution in [-0.2, 0) is 50.6 Å². The topological polar surface area (TPSA) is 411 Å². The fraction of sp³-hybridized carbons (Fsp3) is 0. The number of phenolic OH excluding ortho intramolecular Hbond substituents is 2. The first kappa shape index (κ1) is 54.4. The number of phenols is 2. The Labute approximate surface area is 451 Å². The van der Waals surface area contributed by atoms with Crippen LogP contribution in [0.3, 0.4) is 0 Å². The third-order valence-corrected chi connectivity index (χ3v) is 16.6. The molecule has 0 aliphatic heterocycles. The fourth-order valence-electron chi connectivity index (χ4n) is 8.52. The second kappa shape index (κ2) is 20.1. The molecule has 0 fully saturated rings. The van der Waals surface area contributed by atoms with Crippen molar-refractivity contribution < 1.29 is 75.1 Å². The van der Waals surface area contributed by atoms with E-state index in [2.05, 4.69) is 40.9 Å². The van der Waals surface area contributed by atoms with E-state index in [9.17, 15) is 75.1 Å². The Hall–Kier alpha value is -8.95. The molecule has 0 aromatic heterocycles. The highest BCUT2D eigenvalue weighted by Gasteiger charge is 2.21. The molecule has 0 heterocycles. The Morgan fingerprint density at radius 3 is 0.875 bits per heavy atom. The van der Waals surface area contributed by atoms with Crippen LogP contribution in [0.5, 0.6) is 11.5 Å². The van der Waals surface area contributed by atoms with E-state index in [0.717, 1.165) is 54.6 Å².